The Morgan fingerprint density at radius 2 is 2.32 bits per heavy atom. The SMILES string of the molecule is Cc1csc(C(C)NC(=O)c2cc(Br)cnc2Cl)n1. The number of aryl methyl sites for hydroxylation is 1. The van der Waals surface area contributed by atoms with E-state index in [-0.39, 0.29) is 17.1 Å². The number of nitrogens with zero attached hydrogens (tertiary/aromatic N) is 2. The van der Waals surface area contributed by atoms with Gasteiger partial charge in [0.05, 0.1) is 11.6 Å². The Hall–Kier alpha value is -0.980. The van der Waals surface area contributed by atoms with E-state index in [1.165, 1.54) is 11.3 Å². The van der Waals surface area contributed by atoms with Crippen molar-refractivity contribution in [1.82, 2.24) is 15.3 Å². The smallest absolute Gasteiger partial charge is 0.255 e. The van der Waals surface area contributed by atoms with Crippen molar-refractivity contribution < 1.29 is 4.79 Å². The number of carbonyl (C=O) groups is 1. The summed E-state index contributed by atoms with van der Waals surface area (Å²) in [7, 11) is 0. The molecule has 2 rings (SSSR count). The number of rotatable bonds is 3. The second-order valence-electron chi connectivity index (χ2n) is 4.01. The molecule has 4 nitrogen and oxygen atoms in total. The molecule has 0 aromatic carbocycles. The summed E-state index contributed by atoms with van der Waals surface area (Å²) < 4.78 is 0.708. The molecule has 0 saturated carbocycles. The number of hydrogen-bond donors (Lipinski definition) is 1. The van der Waals surface area contributed by atoms with Gasteiger partial charge in [-0.2, -0.15) is 0 Å². The molecule has 0 radical (unpaired) electrons. The summed E-state index contributed by atoms with van der Waals surface area (Å²) in [5.41, 5.74) is 1.29. The third-order valence-electron chi connectivity index (χ3n) is 2.41. The van der Waals surface area contributed by atoms with Crippen LogP contribution in [0.5, 0.6) is 0 Å². The van der Waals surface area contributed by atoms with Crippen LogP contribution in [0.25, 0.3) is 0 Å². The topological polar surface area (TPSA) is 54.9 Å². The van der Waals surface area contributed by atoms with Crippen LogP contribution in [0.2, 0.25) is 5.15 Å². The summed E-state index contributed by atoms with van der Waals surface area (Å²) in [6, 6.07) is 1.48. The van der Waals surface area contributed by atoms with Crippen molar-refractivity contribution in [2.75, 3.05) is 0 Å². The number of hydrogen-bond acceptors (Lipinski definition) is 4. The predicted molar refractivity (Wildman–Crippen MR) is 79.7 cm³/mol. The lowest BCUT2D eigenvalue weighted by Crippen LogP contribution is -2.27. The van der Waals surface area contributed by atoms with Crippen LogP contribution in [0.4, 0.5) is 0 Å². The van der Waals surface area contributed by atoms with Crippen LogP contribution in [0.1, 0.15) is 34.0 Å². The molecule has 2 aromatic rings. The van der Waals surface area contributed by atoms with Crippen molar-refractivity contribution in [3.63, 3.8) is 0 Å². The summed E-state index contributed by atoms with van der Waals surface area (Å²) in [4.78, 5) is 20.4. The number of aromatic nitrogens is 2. The zero-order valence-corrected chi connectivity index (χ0v) is 13.4. The fourth-order valence-electron chi connectivity index (χ4n) is 1.49. The first-order valence-corrected chi connectivity index (χ1v) is 7.56. The van der Waals surface area contributed by atoms with Crippen molar-refractivity contribution in [1.29, 1.82) is 0 Å². The van der Waals surface area contributed by atoms with E-state index in [4.69, 9.17) is 11.6 Å². The summed E-state index contributed by atoms with van der Waals surface area (Å²) in [6.07, 6.45) is 1.55. The van der Waals surface area contributed by atoms with Gasteiger partial charge in [-0.05, 0) is 35.8 Å². The fourth-order valence-corrected chi connectivity index (χ4v) is 2.81. The zero-order valence-electron chi connectivity index (χ0n) is 10.3. The third kappa shape index (κ3) is 3.52. The van der Waals surface area contributed by atoms with Gasteiger partial charge < -0.3 is 5.32 Å². The molecule has 0 spiro atoms. The van der Waals surface area contributed by atoms with E-state index in [0.29, 0.717) is 10.0 Å². The standard InChI is InChI=1S/C12H11BrClN3OS/c1-6-5-19-12(16-6)7(2)17-11(18)9-3-8(13)4-15-10(9)14/h3-5,7H,1-2H3,(H,17,18). The van der Waals surface area contributed by atoms with E-state index >= 15 is 0 Å². The first-order chi connectivity index (χ1) is 8.97. The summed E-state index contributed by atoms with van der Waals surface area (Å²) in [5.74, 6) is -0.265. The Labute approximate surface area is 128 Å². The van der Waals surface area contributed by atoms with Crippen molar-refractivity contribution >= 4 is 44.8 Å². The van der Waals surface area contributed by atoms with Crippen LogP contribution in [0, 0.1) is 6.92 Å². The first-order valence-electron chi connectivity index (χ1n) is 5.51. The quantitative estimate of drug-likeness (QED) is 0.848. The van der Waals surface area contributed by atoms with Gasteiger partial charge >= 0.3 is 0 Å². The number of nitrogens with one attached hydrogen (secondary N) is 1. The van der Waals surface area contributed by atoms with Crippen LogP contribution in [-0.2, 0) is 0 Å². The third-order valence-corrected chi connectivity index (χ3v) is 4.29. The Balaban J connectivity index is 2.15. The maximum Gasteiger partial charge on any atom is 0.255 e. The average molecular weight is 361 g/mol. The van der Waals surface area contributed by atoms with Gasteiger partial charge in [-0.15, -0.1) is 11.3 Å². The fraction of sp³-hybridized carbons (Fsp3) is 0.250. The van der Waals surface area contributed by atoms with Gasteiger partial charge in [0, 0.05) is 21.7 Å². The highest BCUT2D eigenvalue weighted by atomic mass is 79.9. The molecule has 2 heterocycles. The zero-order chi connectivity index (χ0) is 14.0. The molecule has 100 valence electrons. The Morgan fingerprint density at radius 1 is 1.58 bits per heavy atom. The second kappa shape index (κ2) is 5.98. The summed E-state index contributed by atoms with van der Waals surface area (Å²) in [5, 5.41) is 5.86. The number of pyridine rings is 1. The predicted octanol–water partition coefficient (Wildman–Crippen LogP) is 3.75. The van der Waals surface area contributed by atoms with E-state index in [9.17, 15) is 4.79 Å². The summed E-state index contributed by atoms with van der Waals surface area (Å²) >= 11 is 10.7. The van der Waals surface area contributed by atoms with Gasteiger partial charge in [-0.25, -0.2) is 9.97 Å². The van der Waals surface area contributed by atoms with Crippen molar-refractivity contribution in [3.05, 3.63) is 43.5 Å². The molecule has 0 fully saturated rings. The Bertz CT molecular complexity index is 617. The largest absolute Gasteiger partial charge is 0.343 e. The Morgan fingerprint density at radius 3 is 2.95 bits per heavy atom. The number of carbonyl (C=O) groups excluding carboxylic acids is 1. The lowest BCUT2D eigenvalue weighted by atomic mass is 10.2. The number of thiazole rings is 1. The van der Waals surface area contributed by atoms with Gasteiger partial charge in [0.1, 0.15) is 10.2 Å². The normalized spacial score (nSPS) is 12.2. The molecule has 2 aromatic heterocycles. The van der Waals surface area contributed by atoms with Crippen LogP contribution in [0.3, 0.4) is 0 Å². The highest BCUT2D eigenvalue weighted by molar-refractivity contribution is 9.10. The molecule has 1 amide bonds. The van der Waals surface area contributed by atoms with Crippen molar-refractivity contribution in [2.24, 2.45) is 0 Å². The lowest BCUT2D eigenvalue weighted by Gasteiger charge is -2.12. The van der Waals surface area contributed by atoms with E-state index in [1.54, 1.807) is 12.3 Å². The second-order valence-corrected chi connectivity index (χ2v) is 6.18. The molecule has 1 N–H and O–H groups in total. The molecular weight excluding hydrogens is 350 g/mol. The average Bonchev–Trinajstić information content (AvgIpc) is 2.79. The molecule has 7 heteroatoms. The molecule has 0 aliphatic rings. The molecule has 0 bridgehead atoms. The molecule has 1 unspecified atom stereocenters. The van der Waals surface area contributed by atoms with Crippen molar-refractivity contribution in [3.8, 4) is 0 Å². The van der Waals surface area contributed by atoms with Gasteiger partial charge in [0.2, 0.25) is 0 Å². The molecule has 0 aliphatic carbocycles. The first kappa shape index (κ1) is 14.4. The van der Waals surface area contributed by atoms with Gasteiger partial charge in [0.25, 0.3) is 5.91 Å². The van der Waals surface area contributed by atoms with Crippen LogP contribution >= 0.6 is 38.9 Å². The van der Waals surface area contributed by atoms with Crippen LogP contribution in [-0.4, -0.2) is 15.9 Å². The van der Waals surface area contributed by atoms with E-state index in [0.717, 1.165) is 10.7 Å². The maximum atomic E-state index is 12.1. The molecule has 0 saturated heterocycles. The monoisotopic (exact) mass is 359 g/mol. The number of amides is 1. The highest BCUT2D eigenvalue weighted by Gasteiger charge is 2.17. The highest BCUT2D eigenvalue weighted by Crippen LogP contribution is 2.21. The minimum atomic E-state index is -0.265. The molecule has 0 aliphatic heterocycles. The van der Waals surface area contributed by atoms with Crippen LogP contribution < -0.4 is 5.32 Å². The molecule has 1 atom stereocenters. The van der Waals surface area contributed by atoms with Gasteiger partial charge in [0.15, 0.2) is 0 Å². The lowest BCUT2D eigenvalue weighted by molar-refractivity contribution is 0.0939. The number of halogens is 2. The van der Waals surface area contributed by atoms with E-state index in [2.05, 4.69) is 31.2 Å². The molecule has 19 heavy (non-hydrogen) atoms. The Kier molecular flexibility index (Phi) is 4.54. The van der Waals surface area contributed by atoms with Crippen molar-refractivity contribution in [2.45, 2.75) is 19.9 Å². The summed E-state index contributed by atoms with van der Waals surface area (Å²) in [6.45, 7) is 3.80. The van der Waals surface area contributed by atoms with Crippen LogP contribution in [0.15, 0.2) is 22.1 Å². The minimum absolute atomic E-state index is 0.166. The minimum Gasteiger partial charge on any atom is -0.343 e. The molecular formula is C12H11BrClN3OS. The van der Waals surface area contributed by atoms with E-state index < -0.39 is 0 Å². The van der Waals surface area contributed by atoms with Gasteiger partial charge in [-0.3, -0.25) is 4.79 Å². The van der Waals surface area contributed by atoms with Gasteiger partial charge in [-0.1, -0.05) is 11.6 Å². The van der Waals surface area contributed by atoms with E-state index in [1.807, 2.05) is 19.2 Å². The maximum absolute atomic E-state index is 12.1.